The molecule has 1 aromatic heterocycles. The topological polar surface area (TPSA) is 72.3 Å². The van der Waals surface area contributed by atoms with E-state index in [9.17, 15) is 13.2 Å². The lowest BCUT2D eigenvalue weighted by Crippen LogP contribution is -2.40. The molecule has 0 aliphatic carbocycles. The fourth-order valence-corrected chi connectivity index (χ4v) is 4.72. The van der Waals surface area contributed by atoms with Gasteiger partial charge in [0.2, 0.25) is 5.91 Å². The first-order valence-corrected chi connectivity index (χ1v) is 10.2. The molecule has 1 atom stereocenters. The van der Waals surface area contributed by atoms with Crippen molar-refractivity contribution in [2.45, 2.75) is 12.5 Å². The van der Waals surface area contributed by atoms with E-state index in [1.807, 2.05) is 36.5 Å². The summed E-state index contributed by atoms with van der Waals surface area (Å²) in [5.41, 5.74) is 1.72. The second kappa shape index (κ2) is 7.70. The summed E-state index contributed by atoms with van der Waals surface area (Å²) in [4.78, 5) is 14.1. The first-order chi connectivity index (χ1) is 12.5. The molecule has 7 heteroatoms. The Hall–Kier alpha value is -2.67. The van der Waals surface area contributed by atoms with Crippen LogP contribution in [-0.4, -0.2) is 53.1 Å². The molecule has 26 heavy (non-hydrogen) atoms. The Bertz CT molecular complexity index is 917. The first-order valence-electron chi connectivity index (χ1n) is 8.38. The highest BCUT2D eigenvalue weighted by atomic mass is 32.2. The number of aromatic nitrogens is 2. The van der Waals surface area contributed by atoms with Gasteiger partial charge < -0.3 is 4.90 Å². The summed E-state index contributed by atoms with van der Waals surface area (Å²) < 4.78 is 25.1. The Balaban J connectivity index is 1.71. The predicted molar refractivity (Wildman–Crippen MR) is 102 cm³/mol. The number of rotatable bonds is 6. The van der Waals surface area contributed by atoms with E-state index >= 15 is 0 Å². The van der Waals surface area contributed by atoms with Crippen molar-refractivity contribution in [2.75, 3.05) is 18.1 Å². The van der Waals surface area contributed by atoms with Crippen LogP contribution in [-0.2, 0) is 14.6 Å². The monoisotopic (exact) mass is 371 g/mol. The Labute approximate surface area is 153 Å². The van der Waals surface area contributed by atoms with E-state index in [4.69, 9.17) is 0 Å². The molecule has 1 aliphatic rings. The van der Waals surface area contributed by atoms with Gasteiger partial charge in [0.05, 0.1) is 23.4 Å². The summed E-state index contributed by atoms with van der Waals surface area (Å²) in [7, 11) is -3.05. The number of carbonyl (C=O) groups is 1. The molecule has 6 nitrogen and oxygen atoms in total. The molecular weight excluding hydrogens is 350 g/mol. The van der Waals surface area contributed by atoms with Crippen molar-refractivity contribution in [2.24, 2.45) is 0 Å². The lowest BCUT2D eigenvalue weighted by molar-refractivity contribution is -0.127. The van der Waals surface area contributed by atoms with Crippen LogP contribution >= 0.6 is 0 Å². The SMILES string of the molecule is C=CCN(C(=O)/C=C\c1cnn(-c2ccccc2)c1)[C@H]1CCS(=O)(=O)C1. The third-order valence-electron chi connectivity index (χ3n) is 4.30. The maximum atomic E-state index is 12.6. The molecule has 2 aromatic rings. The lowest BCUT2D eigenvalue weighted by Gasteiger charge is -2.25. The van der Waals surface area contributed by atoms with Crippen LogP contribution in [0.4, 0.5) is 0 Å². The minimum atomic E-state index is -3.05. The second-order valence-electron chi connectivity index (χ2n) is 6.22. The van der Waals surface area contributed by atoms with Crippen LogP contribution < -0.4 is 0 Å². The number of benzene rings is 1. The molecule has 1 aromatic carbocycles. The molecule has 0 radical (unpaired) electrons. The maximum Gasteiger partial charge on any atom is 0.247 e. The Morgan fingerprint density at radius 3 is 2.77 bits per heavy atom. The summed E-state index contributed by atoms with van der Waals surface area (Å²) in [5, 5.41) is 4.29. The first kappa shape index (κ1) is 18.1. The van der Waals surface area contributed by atoms with E-state index in [1.165, 1.54) is 6.08 Å². The quantitative estimate of drug-likeness (QED) is 0.576. The highest BCUT2D eigenvalue weighted by Crippen LogP contribution is 2.18. The smallest absolute Gasteiger partial charge is 0.247 e. The van der Waals surface area contributed by atoms with E-state index in [0.717, 1.165) is 11.3 Å². The van der Waals surface area contributed by atoms with Gasteiger partial charge in [-0.3, -0.25) is 4.79 Å². The fourth-order valence-electron chi connectivity index (χ4n) is 2.99. The van der Waals surface area contributed by atoms with Gasteiger partial charge in [-0.15, -0.1) is 6.58 Å². The molecular formula is C19H21N3O3S. The third-order valence-corrected chi connectivity index (χ3v) is 6.05. The number of sulfone groups is 1. The molecule has 0 N–H and O–H groups in total. The van der Waals surface area contributed by atoms with Gasteiger partial charge in [-0.2, -0.15) is 5.10 Å². The number of para-hydroxylation sites is 1. The number of hydrogen-bond acceptors (Lipinski definition) is 4. The second-order valence-corrected chi connectivity index (χ2v) is 8.45. The zero-order valence-electron chi connectivity index (χ0n) is 14.4. The highest BCUT2D eigenvalue weighted by molar-refractivity contribution is 7.91. The van der Waals surface area contributed by atoms with Gasteiger partial charge in [0.15, 0.2) is 9.84 Å². The van der Waals surface area contributed by atoms with E-state index < -0.39 is 9.84 Å². The van der Waals surface area contributed by atoms with Crippen molar-refractivity contribution in [1.82, 2.24) is 14.7 Å². The van der Waals surface area contributed by atoms with Crippen molar-refractivity contribution in [3.63, 3.8) is 0 Å². The standard InChI is InChI=1S/C19H21N3O3S/c1-2-11-21(18-10-12-26(24,25)15-18)19(23)9-8-16-13-20-22(14-16)17-6-4-3-5-7-17/h2-9,13-14,18H,1,10-12,15H2/b9-8-/t18-/m0/s1. The molecule has 0 unspecified atom stereocenters. The summed E-state index contributed by atoms with van der Waals surface area (Å²) in [6.07, 6.45) is 8.74. The Kier molecular flexibility index (Phi) is 5.37. The largest absolute Gasteiger partial charge is 0.331 e. The normalized spacial score (nSPS) is 18.8. The average Bonchev–Trinajstić information content (AvgIpc) is 3.24. The van der Waals surface area contributed by atoms with Crippen LogP contribution in [0.3, 0.4) is 0 Å². The third kappa shape index (κ3) is 4.29. The summed E-state index contributed by atoms with van der Waals surface area (Å²) >= 11 is 0. The summed E-state index contributed by atoms with van der Waals surface area (Å²) in [6, 6.07) is 9.39. The molecule has 1 fully saturated rings. The summed E-state index contributed by atoms with van der Waals surface area (Å²) in [6.45, 7) is 3.99. The minimum absolute atomic E-state index is 0.0202. The molecule has 3 rings (SSSR count). The van der Waals surface area contributed by atoms with Crippen molar-refractivity contribution >= 4 is 21.8 Å². The zero-order chi connectivity index (χ0) is 18.6. The van der Waals surface area contributed by atoms with Gasteiger partial charge in [-0.25, -0.2) is 13.1 Å². The number of hydrogen-bond donors (Lipinski definition) is 0. The highest BCUT2D eigenvalue weighted by Gasteiger charge is 2.33. The van der Waals surface area contributed by atoms with Crippen LogP contribution in [0.5, 0.6) is 0 Å². The number of amides is 1. The molecule has 0 bridgehead atoms. The van der Waals surface area contributed by atoms with Crippen LogP contribution in [0.25, 0.3) is 11.8 Å². The molecule has 0 spiro atoms. The zero-order valence-corrected chi connectivity index (χ0v) is 15.2. The molecule has 1 saturated heterocycles. The van der Waals surface area contributed by atoms with Gasteiger partial charge in [-0.1, -0.05) is 24.3 Å². The molecule has 136 valence electrons. The number of nitrogens with zero attached hydrogens (tertiary/aromatic N) is 3. The van der Waals surface area contributed by atoms with Crippen molar-refractivity contribution in [1.29, 1.82) is 0 Å². The van der Waals surface area contributed by atoms with Crippen molar-refractivity contribution in [3.8, 4) is 5.69 Å². The van der Waals surface area contributed by atoms with Gasteiger partial charge >= 0.3 is 0 Å². The van der Waals surface area contributed by atoms with Gasteiger partial charge in [-0.05, 0) is 24.6 Å². The van der Waals surface area contributed by atoms with Crippen LogP contribution in [0.2, 0.25) is 0 Å². The van der Waals surface area contributed by atoms with E-state index in [2.05, 4.69) is 11.7 Å². The molecule has 0 saturated carbocycles. The Morgan fingerprint density at radius 2 is 2.12 bits per heavy atom. The molecule has 1 aliphatic heterocycles. The number of carbonyl (C=O) groups excluding carboxylic acids is 1. The molecule has 1 amide bonds. The average molecular weight is 371 g/mol. The molecule has 2 heterocycles. The van der Waals surface area contributed by atoms with E-state index in [1.54, 1.807) is 27.9 Å². The maximum absolute atomic E-state index is 12.6. The lowest BCUT2D eigenvalue weighted by atomic mass is 10.2. The van der Waals surface area contributed by atoms with Gasteiger partial charge in [0.25, 0.3) is 0 Å². The minimum Gasteiger partial charge on any atom is -0.331 e. The van der Waals surface area contributed by atoms with Gasteiger partial charge in [0, 0.05) is 30.4 Å². The van der Waals surface area contributed by atoms with E-state index in [0.29, 0.717) is 13.0 Å². The van der Waals surface area contributed by atoms with Crippen molar-refractivity contribution in [3.05, 3.63) is 67.0 Å². The van der Waals surface area contributed by atoms with Crippen molar-refractivity contribution < 1.29 is 13.2 Å². The van der Waals surface area contributed by atoms with Crippen LogP contribution in [0.15, 0.2) is 61.5 Å². The van der Waals surface area contributed by atoms with E-state index in [-0.39, 0.29) is 23.5 Å². The summed E-state index contributed by atoms with van der Waals surface area (Å²) in [5.74, 6) is -0.0714. The van der Waals surface area contributed by atoms with Crippen LogP contribution in [0.1, 0.15) is 12.0 Å². The fraction of sp³-hybridized carbons (Fsp3) is 0.263. The van der Waals surface area contributed by atoms with Gasteiger partial charge in [0.1, 0.15) is 0 Å². The van der Waals surface area contributed by atoms with Crippen LogP contribution in [0, 0.1) is 0 Å². The predicted octanol–water partition coefficient (Wildman–Crippen LogP) is 2.09. The Morgan fingerprint density at radius 1 is 1.35 bits per heavy atom.